The van der Waals surface area contributed by atoms with Crippen molar-refractivity contribution >= 4 is 34.6 Å². The number of nitrogens with zero attached hydrogens (tertiary/aromatic N) is 3. The van der Waals surface area contributed by atoms with Crippen LogP contribution in [0.1, 0.15) is 12.5 Å². The molecule has 1 saturated heterocycles. The summed E-state index contributed by atoms with van der Waals surface area (Å²) in [7, 11) is 0. The number of carbonyl (C=O) groups excluding carboxylic acids is 1. The maximum absolute atomic E-state index is 13.1. The molecule has 1 fully saturated rings. The molecule has 156 valence electrons. The average Bonchev–Trinajstić information content (AvgIpc) is 3.12. The Labute approximate surface area is 178 Å². The van der Waals surface area contributed by atoms with Crippen LogP contribution in [0.5, 0.6) is 11.5 Å². The summed E-state index contributed by atoms with van der Waals surface area (Å²) in [5, 5.41) is 10.5. The highest BCUT2D eigenvalue weighted by atomic mass is 32.2. The molecule has 0 bridgehead atoms. The Bertz CT molecular complexity index is 999. The second-order valence-corrected chi connectivity index (χ2v) is 7.93. The predicted molar refractivity (Wildman–Crippen MR) is 117 cm³/mol. The van der Waals surface area contributed by atoms with Gasteiger partial charge in [0, 0.05) is 31.9 Å². The van der Waals surface area contributed by atoms with Crippen LogP contribution in [0.4, 0.5) is 10.1 Å². The zero-order valence-electron chi connectivity index (χ0n) is 16.5. The van der Waals surface area contributed by atoms with Gasteiger partial charge in [0.05, 0.1) is 11.5 Å². The molecular formula is C22H22FN3O3S. The Kier molecular flexibility index (Phi) is 5.94. The zero-order chi connectivity index (χ0) is 21.1. The topological polar surface area (TPSA) is 65.4 Å². The Hall–Kier alpha value is -3.00. The lowest BCUT2D eigenvalue weighted by molar-refractivity contribution is -0.113. The molecule has 0 spiro atoms. The maximum atomic E-state index is 13.1. The van der Waals surface area contributed by atoms with E-state index in [0.717, 1.165) is 37.4 Å². The van der Waals surface area contributed by atoms with Crippen molar-refractivity contribution in [2.75, 3.05) is 37.7 Å². The Morgan fingerprint density at radius 1 is 1.13 bits per heavy atom. The number of amidine groups is 1. The van der Waals surface area contributed by atoms with Crippen LogP contribution in [-0.2, 0) is 4.79 Å². The van der Waals surface area contributed by atoms with Crippen LogP contribution >= 0.6 is 11.8 Å². The number of aliphatic imine (C=N–C) groups is 1. The largest absolute Gasteiger partial charge is 0.504 e. The number of hydrogen-bond donors (Lipinski definition) is 1. The maximum Gasteiger partial charge on any atom is 0.286 e. The molecule has 1 amide bonds. The number of anilines is 1. The lowest BCUT2D eigenvalue weighted by atomic mass is 10.2. The van der Waals surface area contributed by atoms with Crippen LogP contribution in [0, 0.1) is 5.82 Å². The Morgan fingerprint density at radius 3 is 2.53 bits per heavy atom. The van der Waals surface area contributed by atoms with Gasteiger partial charge in [0.2, 0.25) is 0 Å². The summed E-state index contributed by atoms with van der Waals surface area (Å²) in [4.78, 5) is 21.5. The van der Waals surface area contributed by atoms with Gasteiger partial charge in [-0.05, 0) is 66.7 Å². The van der Waals surface area contributed by atoms with Gasteiger partial charge in [0.25, 0.3) is 5.91 Å². The monoisotopic (exact) mass is 427 g/mol. The zero-order valence-corrected chi connectivity index (χ0v) is 17.4. The minimum Gasteiger partial charge on any atom is -0.504 e. The fourth-order valence-electron chi connectivity index (χ4n) is 3.38. The van der Waals surface area contributed by atoms with E-state index in [0.29, 0.717) is 22.4 Å². The number of benzene rings is 2. The minimum absolute atomic E-state index is 0.0698. The van der Waals surface area contributed by atoms with Crippen LogP contribution in [0.15, 0.2) is 52.4 Å². The third-order valence-electron chi connectivity index (χ3n) is 4.93. The fraction of sp³-hybridized carbons (Fsp3) is 0.273. The van der Waals surface area contributed by atoms with E-state index in [1.54, 1.807) is 36.4 Å². The minimum atomic E-state index is -0.262. The Balaban J connectivity index is 1.40. The lowest BCUT2D eigenvalue weighted by Gasteiger charge is -2.36. The molecule has 6 nitrogen and oxygen atoms in total. The summed E-state index contributed by atoms with van der Waals surface area (Å²) in [6.45, 7) is 5.30. The number of piperazine rings is 1. The molecule has 0 aromatic heterocycles. The molecule has 0 atom stereocenters. The molecule has 0 unspecified atom stereocenters. The van der Waals surface area contributed by atoms with Gasteiger partial charge in [-0.3, -0.25) is 4.79 Å². The molecule has 0 saturated carbocycles. The molecular weight excluding hydrogens is 405 g/mol. The summed E-state index contributed by atoms with van der Waals surface area (Å²) in [5.41, 5.74) is 1.76. The number of halogens is 1. The van der Waals surface area contributed by atoms with E-state index in [2.05, 4.69) is 14.8 Å². The van der Waals surface area contributed by atoms with Crippen LogP contribution in [0.2, 0.25) is 0 Å². The number of hydrogen-bond acceptors (Lipinski definition) is 6. The van der Waals surface area contributed by atoms with Crippen LogP contribution in [-0.4, -0.2) is 53.9 Å². The van der Waals surface area contributed by atoms with E-state index in [1.165, 1.54) is 23.9 Å². The number of phenols is 1. The number of aromatic hydroxyl groups is 1. The first-order chi connectivity index (χ1) is 14.5. The number of phenolic OH excluding ortho intramolecular Hbond substituents is 1. The van der Waals surface area contributed by atoms with E-state index in [1.807, 2.05) is 6.92 Å². The van der Waals surface area contributed by atoms with Gasteiger partial charge in [-0.2, -0.15) is 4.99 Å². The first-order valence-electron chi connectivity index (χ1n) is 9.77. The van der Waals surface area contributed by atoms with Crippen LogP contribution in [0.25, 0.3) is 6.08 Å². The van der Waals surface area contributed by atoms with Gasteiger partial charge >= 0.3 is 0 Å². The highest BCUT2D eigenvalue weighted by molar-refractivity contribution is 8.18. The number of ether oxygens (including phenoxy) is 1. The lowest BCUT2D eigenvalue weighted by Crippen LogP contribution is -2.47. The third kappa shape index (κ3) is 4.43. The van der Waals surface area contributed by atoms with Crippen molar-refractivity contribution in [3.63, 3.8) is 0 Å². The standard InChI is InChI=1S/C22H22FN3O3S/c1-2-29-19-13-15(3-8-18(19)27)14-20-21(28)24-22(30-20)26-11-9-25(10-12-26)17-6-4-16(23)5-7-17/h3-8,13-14,27H,2,9-12H2,1H3/b20-14-. The predicted octanol–water partition coefficient (Wildman–Crippen LogP) is 3.72. The van der Waals surface area contributed by atoms with E-state index in [4.69, 9.17) is 4.74 Å². The van der Waals surface area contributed by atoms with Crippen molar-refractivity contribution in [3.05, 3.63) is 58.8 Å². The van der Waals surface area contributed by atoms with Crippen molar-refractivity contribution in [3.8, 4) is 11.5 Å². The number of carbonyl (C=O) groups is 1. The van der Waals surface area contributed by atoms with Crippen LogP contribution < -0.4 is 9.64 Å². The number of thioether (sulfide) groups is 1. The van der Waals surface area contributed by atoms with Crippen molar-refractivity contribution in [1.29, 1.82) is 0 Å². The summed E-state index contributed by atoms with van der Waals surface area (Å²) in [6.07, 6.45) is 1.76. The van der Waals surface area contributed by atoms with Crippen molar-refractivity contribution in [2.45, 2.75) is 6.92 Å². The summed E-state index contributed by atoms with van der Waals surface area (Å²) >= 11 is 1.36. The van der Waals surface area contributed by atoms with Crippen molar-refractivity contribution < 1.29 is 19.0 Å². The smallest absolute Gasteiger partial charge is 0.286 e. The molecule has 0 aliphatic carbocycles. The molecule has 1 N–H and O–H groups in total. The van der Waals surface area contributed by atoms with Gasteiger partial charge in [-0.25, -0.2) is 4.39 Å². The first kappa shape index (κ1) is 20.3. The van der Waals surface area contributed by atoms with E-state index < -0.39 is 0 Å². The Morgan fingerprint density at radius 2 is 1.83 bits per heavy atom. The van der Waals surface area contributed by atoms with Crippen LogP contribution in [0.3, 0.4) is 0 Å². The molecule has 30 heavy (non-hydrogen) atoms. The molecule has 0 radical (unpaired) electrons. The van der Waals surface area contributed by atoms with Gasteiger partial charge in [-0.15, -0.1) is 0 Å². The molecule has 2 heterocycles. The second kappa shape index (κ2) is 8.79. The van der Waals surface area contributed by atoms with Gasteiger partial charge in [-0.1, -0.05) is 6.07 Å². The quantitative estimate of drug-likeness (QED) is 0.751. The molecule has 2 aromatic rings. The third-order valence-corrected chi connectivity index (χ3v) is 5.98. The summed E-state index contributed by atoms with van der Waals surface area (Å²) < 4.78 is 18.5. The summed E-state index contributed by atoms with van der Waals surface area (Å²) in [5.74, 6) is -0.0448. The number of rotatable bonds is 4. The van der Waals surface area contributed by atoms with E-state index in [9.17, 15) is 14.3 Å². The van der Waals surface area contributed by atoms with E-state index >= 15 is 0 Å². The normalized spacial score (nSPS) is 18.1. The molecule has 2 aromatic carbocycles. The molecule has 4 rings (SSSR count). The molecule has 2 aliphatic heterocycles. The summed E-state index contributed by atoms with van der Waals surface area (Å²) in [6, 6.07) is 11.5. The molecule has 2 aliphatic rings. The van der Waals surface area contributed by atoms with E-state index in [-0.39, 0.29) is 17.5 Å². The van der Waals surface area contributed by atoms with Gasteiger partial charge in [0.1, 0.15) is 5.82 Å². The van der Waals surface area contributed by atoms with Crippen molar-refractivity contribution in [1.82, 2.24) is 4.90 Å². The second-order valence-electron chi connectivity index (χ2n) is 6.92. The first-order valence-corrected chi connectivity index (χ1v) is 10.6. The van der Waals surface area contributed by atoms with Crippen molar-refractivity contribution in [2.24, 2.45) is 4.99 Å². The highest BCUT2D eigenvalue weighted by Crippen LogP contribution is 2.33. The highest BCUT2D eigenvalue weighted by Gasteiger charge is 2.28. The SMILES string of the molecule is CCOc1cc(/C=C2\SC(N3CCN(c4ccc(F)cc4)CC3)=NC2=O)ccc1O. The average molecular weight is 428 g/mol. The number of amides is 1. The van der Waals surface area contributed by atoms with Gasteiger partial charge < -0.3 is 19.6 Å². The van der Waals surface area contributed by atoms with Gasteiger partial charge in [0.15, 0.2) is 16.7 Å². The molecule has 8 heteroatoms. The fourth-order valence-corrected chi connectivity index (χ4v) is 4.35.